The number of nitrogens with zero attached hydrogens (tertiary/aromatic N) is 2. The van der Waals surface area contributed by atoms with Crippen molar-refractivity contribution < 1.29 is 0 Å². The lowest BCUT2D eigenvalue weighted by atomic mass is 10.5. The van der Waals surface area contributed by atoms with Crippen LogP contribution >= 0.6 is 39.5 Å². The summed E-state index contributed by atoms with van der Waals surface area (Å²) in [5.74, 6) is 0.760. The van der Waals surface area contributed by atoms with E-state index in [0.29, 0.717) is 4.64 Å². The van der Waals surface area contributed by atoms with E-state index in [0.717, 1.165) is 15.2 Å². The van der Waals surface area contributed by atoms with Crippen molar-refractivity contribution in [2.75, 3.05) is 0 Å². The van der Waals surface area contributed by atoms with Gasteiger partial charge in [-0.15, -0.1) is 11.3 Å². The first-order valence-electron chi connectivity index (χ1n) is 3.41. The Kier molecular flexibility index (Phi) is 2.52. The average molecular weight is 274 g/mol. The summed E-state index contributed by atoms with van der Waals surface area (Å²) >= 11 is 9.86. The molecule has 2 rings (SSSR count). The van der Waals surface area contributed by atoms with Crippen LogP contribution in [0.1, 0.15) is 0 Å². The van der Waals surface area contributed by atoms with Gasteiger partial charge in [0.25, 0.3) is 0 Å². The van der Waals surface area contributed by atoms with E-state index in [2.05, 4.69) is 30.9 Å². The predicted molar refractivity (Wildman–Crippen MR) is 58.2 cm³/mol. The second-order valence-corrected chi connectivity index (χ2v) is 4.42. The van der Waals surface area contributed by atoms with Crippen molar-refractivity contribution in [3.05, 3.63) is 27.0 Å². The molecule has 1 N–H and O–H groups in total. The highest BCUT2D eigenvalue weighted by atomic mass is 79.9. The first-order valence-corrected chi connectivity index (χ1v) is 5.49. The standard InChI is InChI=1S/C7H4BrN3S2/c8-4-1-10-6(11-7(4)12)5-2-9-3-13-5/h1-3H,(H,10,11,12). The lowest BCUT2D eigenvalue weighted by Crippen LogP contribution is -1.86. The fraction of sp³-hybridized carbons (Fsp3) is 0. The molecule has 0 aliphatic rings. The molecule has 0 aliphatic heterocycles. The van der Waals surface area contributed by atoms with Crippen LogP contribution < -0.4 is 0 Å². The lowest BCUT2D eigenvalue weighted by Gasteiger charge is -1.96. The topological polar surface area (TPSA) is 41.6 Å². The highest BCUT2D eigenvalue weighted by Gasteiger charge is 2.01. The fourth-order valence-electron chi connectivity index (χ4n) is 0.837. The normalized spacial score (nSPS) is 10.2. The Morgan fingerprint density at radius 3 is 2.92 bits per heavy atom. The number of aromatic amines is 1. The zero-order valence-electron chi connectivity index (χ0n) is 6.32. The minimum absolute atomic E-state index is 0.651. The molecule has 13 heavy (non-hydrogen) atoms. The number of H-pyrrole nitrogens is 1. The Hall–Kier alpha value is -0.590. The third kappa shape index (κ3) is 1.84. The molecule has 0 spiro atoms. The van der Waals surface area contributed by atoms with Gasteiger partial charge in [0.05, 0.1) is 14.9 Å². The summed E-state index contributed by atoms with van der Waals surface area (Å²) in [6, 6.07) is 0. The van der Waals surface area contributed by atoms with Gasteiger partial charge in [0.2, 0.25) is 0 Å². The van der Waals surface area contributed by atoms with E-state index in [4.69, 9.17) is 12.2 Å². The molecular formula is C7H4BrN3S2. The number of thiazole rings is 1. The van der Waals surface area contributed by atoms with Crippen LogP contribution in [-0.4, -0.2) is 15.0 Å². The molecule has 0 bridgehead atoms. The minimum Gasteiger partial charge on any atom is -0.329 e. The molecule has 0 atom stereocenters. The number of nitrogens with one attached hydrogen (secondary N) is 1. The smallest absolute Gasteiger partial charge is 0.150 e. The first kappa shape index (κ1) is 8.98. The van der Waals surface area contributed by atoms with Crippen LogP contribution in [-0.2, 0) is 0 Å². The van der Waals surface area contributed by atoms with Crippen molar-refractivity contribution in [2.24, 2.45) is 0 Å². The molecule has 2 aromatic rings. The summed E-state index contributed by atoms with van der Waals surface area (Å²) in [6.07, 6.45) is 3.44. The summed E-state index contributed by atoms with van der Waals surface area (Å²) in [4.78, 5) is 12.1. The molecule has 2 heterocycles. The van der Waals surface area contributed by atoms with E-state index in [1.807, 2.05) is 0 Å². The van der Waals surface area contributed by atoms with Crippen LogP contribution in [0.3, 0.4) is 0 Å². The fourth-order valence-corrected chi connectivity index (χ4v) is 1.76. The zero-order valence-corrected chi connectivity index (χ0v) is 9.54. The van der Waals surface area contributed by atoms with Gasteiger partial charge < -0.3 is 4.98 Å². The molecule has 0 fully saturated rings. The molecule has 2 aromatic heterocycles. The molecule has 0 aliphatic carbocycles. The zero-order chi connectivity index (χ0) is 9.26. The van der Waals surface area contributed by atoms with Crippen molar-refractivity contribution in [3.8, 4) is 10.7 Å². The lowest BCUT2D eigenvalue weighted by molar-refractivity contribution is 1.15. The van der Waals surface area contributed by atoms with E-state index in [9.17, 15) is 0 Å². The van der Waals surface area contributed by atoms with Crippen LogP contribution in [0, 0.1) is 4.64 Å². The van der Waals surface area contributed by atoms with Gasteiger partial charge in [0.1, 0.15) is 10.5 Å². The van der Waals surface area contributed by atoms with Crippen LogP contribution in [0.25, 0.3) is 10.7 Å². The van der Waals surface area contributed by atoms with Gasteiger partial charge in [0, 0.05) is 12.4 Å². The van der Waals surface area contributed by atoms with Gasteiger partial charge >= 0.3 is 0 Å². The quantitative estimate of drug-likeness (QED) is 0.813. The number of rotatable bonds is 1. The van der Waals surface area contributed by atoms with Gasteiger partial charge in [0.15, 0.2) is 0 Å². The Morgan fingerprint density at radius 1 is 1.46 bits per heavy atom. The largest absolute Gasteiger partial charge is 0.329 e. The van der Waals surface area contributed by atoms with Crippen molar-refractivity contribution in [2.45, 2.75) is 0 Å². The second kappa shape index (κ2) is 3.65. The van der Waals surface area contributed by atoms with Crippen molar-refractivity contribution in [1.82, 2.24) is 15.0 Å². The summed E-state index contributed by atoms with van der Waals surface area (Å²) in [5.41, 5.74) is 1.76. The molecular weight excluding hydrogens is 270 g/mol. The second-order valence-electron chi connectivity index (χ2n) is 2.27. The molecule has 0 unspecified atom stereocenters. The molecule has 3 nitrogen and oxygen atoms in total. The van der Waals surface area contributed by atoms with E-state index in [1.54, 1.807) is 17.9 Å². The van der Waals surface area contributed by atoms with Crippen LogP contribution in [0.2, 0.25) is 0 Å². The van der Waals surface area contributed by atoms with Crippen molar-refractivity contribution in [1.29, 1.82) is 0 Å². The van der Waals surface area contributed by atoms with E-state index < -0.39 is 0 Å². The van der Waals surface area contributed by atoms with Crippen molar-refractivity contribution in [3.63, 3.8) is 0 Å². The minimum atomic E-state index is 0.651. The predicted octanol–water partition coefficient (Wildman–Crippen LogP) is 3.03. The van der Waals surface area contributed by atoms with Crippen molar-refractivity contribution >= 4 is 39.5 Å². The van der Waals surface area contributed by atoms with Crippen LogP contribution in [0.15, 0.2) is 22.4 Å². The monoisotopic (exact) mass is 273 g/mol. The highest BCUT2D eigenvalue weighted by molar-refractivity contribution is 9.10. The van der Waals surface area contributed by atoms with Gasteiger partial charge in [-0.1, -0.05) is 12.2 Å². The Morgan fingerprint density at radius 2 is 2.31 bits per heavy atom. The Labute approximate surface area is 92.0 Å². The average Bonchev–Trinajstić information content (AvgIpc) is 2.62. The van der Waals surface area contributed by atoms with Gasteiger partial charge in [-0.3, -0.25) is 4.98 Å². The molecule has 0 radical (unpaired) electrons. The molecule has 0 aromatic carbocycles. The summed E-state index contributed by atoms with van der Waals surface area (Å²) in [5, 5.41) is 0. The number of aromatic nitrogens is 3. The summed E-state index contributed by atoms with van der Waals surface area (Å²) < 4.78 is 1.45. The van der Waals surface area contributed by atoms with E-state index >= 15 is 0 Å². The van der Waals surface area contributed by atoms with Crippen LogP contribution in [0.5, 0.6) is 0 Å². The van der Waals surface area contributed by atoms with E-state index in [-0.39, 0.29) is 0 Å². The molecule has 66 valence electrons. The maximum Gasteiger partial charge on any atom is 0.150 e. The Balaban J connectivity index is 2.55. The molecule has 0 amide bonds. The number of hydrogen-bond acceptors (Lipinski definition) is 4. The molecule has 6 heteroatoms. The number of halogens is 1. The number of hydrogen-bond donors (Lipinski definition) is 1. The summed E-state index contributed by atoms with van der Waals surface area (Å²) in [7, 11) is 0. The van der Waals surface area contributed by atoms with Gasteiger partial charge in [-0.2, -0.15) is 0 Å². The summed E-state index contributed by atoms with van der Waals surface area (Å²) in [6.45, 7) is 0. The maximum absolute atomic E-state index is 5.06. The third-order valence-electron chi connectivity index (χ3n) is 1.42. The Bertz CT molecular complexity index is 463. The van der Waals surface area contributed by atoms with Crippen LogP contribution in [0.4, 0.5) is 0 Å². The van der Waals surface area contributed by atoms with E-state index in [1.165, 1.54) is 11.3 Å². The third-order valence-corrected chi connectivity index (χ3v) is 3.39. The molecule has 0 saturated carbocycles. The molecule has 0 saturated heterocycles. The first-order chi connectivity index (χ1) is 6.27. The highest BCUT2D eigenvalue weighted by Crippen LogP contribution is 2.20. The van der Waals surface area contributed by atoms with Gasteiger partial charge in [-0.25, -0.2) is 4.98 Å². The SMILES string of the molecule is S=c1[nH]c(-c2cncs2)ncc1Br. The maximum atomic E-state index is 5.06. The van der Waals surface area contributed by atoms with Gasteiger partial charge in [-0.05, 0) is 15.9 Å².